The predicted molar refractivity (Wildman–Crippen MR) is 113 cm³/mol. The van der Waals surface area contributed by atoms with Gasteiger partial charge in [0.05, 0.1) is 32.5 Å². The summed E-state index contributed by atoms with van der Waals surface area (Å²) >= 11 is 0. The normalized spacial score (nSPS) is 17.8. The minimum atomic E-state index is -0.861. The van der Waals surface area contributed by atoms with Gasteiger partial charge in [0.25, 0.3) is 0 Å². The Hall–Kier alpha value is -1.83. The summed E-state index contributed by atoms with van der Waals surface area (Å²) in [6.07, 6.45) is 1.96. The number of hydrogen-bond donors (Lipinski definition) is 3. The summed E-state index contributed by atoms with van der Waals surface area (Å²) in [5.74, 6) is 1.64. The molecule has 1 aliphatic rings. The van der Waals surface area contributed by atoms with E-state index >= 15 is 0 Å². The number of hydrogen-bond acceptors (Lipinski definition) is 5. The lowest BCUT2D eigenvalue weighted by Gasteiger charge is -2.33. The fourth-order valence-corrected chi connectivity index (χ4v) is 3.21. The fourth-order valence-electron chi connectivity index (χ4n) is 3.21. The van der Waals surface area contributed by atoms with Crippen molar-refractivity contribution >= 4 is 5.96 Å². The molecule has 1 aliphatic heterocycles. The van der Waals surface area contributed by atoms with Crippen LogP contribution in [0, 0.1) is 0 Å². The second-order valence-electron chi connectivity index (χ2n) is 7.46. The van der Waals surface area contributed by atoms with E-state index in [-0.39, 0.29) is 0 Å². The molecule has 0 aliphatic carbocycles. The van der Waals surface area contributed by atoms with Gasteiger partial charge in [-0.15, -0.1) is 0 Å². The summed E-state index contributed by atoms with van der Waals surface area (Å²) < 4.78 is 10.6. The Bertz CT molecular complexity index is 601. The topological polar surface area (TPSA) is 78.4 Å². The number of methoxy groups -OCH3 is 1. The van der Waals surface area contributed by atoms with E-state index in [0.717, 1.165) is 63.9 Å². The molecule has 0 radical (unpaired) electrons. The quantitative estimate of drug-likeness (QED) is 0.316. The zero-order valence-electron chi connectivity index (χ0n) is 17.5. The number of nitrogens with one attached hydrogen (secondary N) is 2. The highest BCUT2D eigenvalue weighted by molar-refractivity contribution is 5.79. The Balaban J connectivity index is 1.77. The van der Waals surface area contributed by atoms with Crippen molar-refractivity contribution in [1.82, 2.24) is 15.5 Å². The standard InChI is InChI=1S/C21H36N4O3/c1-4-22-20(23-10-6-8-18-7-5-9-19(15-18)27-3)24-16-21(2,26)17-25-11-13-28-14-12-25/h5,7,9,15,26H,4,6,8,10-14,16-17H2,1-3H3,(H2,22,23,24). The van der Waals surface area contributed by atoms with Crippen LogP contribution in [-0.4, -0.2) is 81.2 Å². The highest BCUT2D eigenvalue weighted by atomic mass is 16.5. The molecule has 1 heterocycles. The van der Waals surface area contributed by atoms with Crippen LogP contribution in [0.3, 0.4) is 0 Å². The number of aliphatic hydroxyl groups is 1. The zero-order chi connectivity index (χ0) is 20.2. The highest BCUT2D eigenvalue weighted by Gasteiger charge is 2.25. The van der Waals surface area contributed by atoms with Crippen LogP contribution in [0.25, 0.3) is 0 Å². The molecule has 7 nitrogen and oxygen atoms in total. The van der Waals surface area contributed by atoms with Gasteiger partial charge in [0.1, 0.15) is 5.75 Å². The van der Waals surface area contributed by atoms with Crippen LogP contribution in [-0.2, 0) is 11.2 Å². The van der Waals surface area contributed by atoms with Crippen molar-refractivity contribution in [2.45, 2.75) is 32.3 Å². The molecule has 2 rings (SSSR count). The Morgan fingerprint density at radius 2 is 2.11 bits per heavy atom. The van der Waals surface area contributed by atoms with Crippen molar-refractivity contribution in [2.24, 2.45) is 4.99 Å². The Kier molecular flexibility index (Phi) is 9.54. The number of nitrogens with zero attached hydrogens (tertiary/aromatic N) is 2. The minimum absolute atomic E-state index is 0.357. The van der Waals surface area contributed by atoms with Gasteiger partial charge >= 0.3 is 0 Å². The molecule has 0 aromatic heterocycles. The summed E-state index contributed by atoms with van der Waals surface area (Å²) in [7, 11) is 1.69. The molecule has 1 aromatic carbocycles. The molecule has 0 saturated carbocycles. The summed E-state index contributed by atoms with van der Waals surface area (Å²) in [4.78, 5) is 6.82. The van der Waals surface area contributed by atoms with E-state index < -0.39 is 5.60 Å². The summed E-state index contributed by atoms with van der Waals surface area (Å²) in [6.45, 7) is 9.64. The molecule has 0 spiro atoms. The van der Waals surface area contributed by atoms with E-state index in [1.807, 2.05) is 26.0 Å². The smallest absolute Gasteiger partial charge is 0.191 e. The second kappa shape index (κ2) is 11.9. The second-order valence-corrected chi connectivity index (χ2v) is 7.46. The number of aliphatic imine (C=N–C) groups is 1. The van der Waals surface area contributed by atoms with Gasteiger partial charge in [-0.1, -0.05) is 12.1 Å². The van der Waals surface area contributed by atoms with Gasteiger partial charge in [-0.25, -0.2) is 0 Å². The molecule has 28 heavy (non-hydrogen) atoms. The van der Waals surface area contributed by atoms with E-state index in [1.165, 1.54) is 5.56 Å². The lowest BCUT2D eigenvalue weighted by Crippen LogP contribution is -2.48. The lowest BCUT2D eigenvalue weighted by molar-refractivity contribution is -0.0179. The van der Waals surface area contributed by atoms with E-state index in [1.54, 1.807) is 7.11 Å². The van der Waals surface area contributed by atoms with Crippen LogP contribution in [0.2, 0.25) is 0 Å². The van der Waals surface area contributed by atoms with Crippen LogP contribution in [0.15, 0.2) is 29.3 Å². The van der Waals surface area contributed by atoms with Crippen LogP contribution >= 0.6 is 0 Å². The van der Waals surface area contributed by atoms with E-state index in [4.69, 9.17) is 9.47 Å². The first-order valence-corrected chi connectivity index (χ1v) is 10.2. The molecule has 1 aromatic rings. The molecular formula is C21H36N4O3. The maximum Gasteiger partial charge on any atom is 0.191 e. The number of rotatable bonds is 10. The van der Waals surface area contributed by atoms with Crippen molar-refractivity contribution in [2.75, 3.05) is 59.6 Å². The molecule has 1 unspecified atom stereocenters. The van der Waals surface area contributed by atoms with Gasteiger partial charge in [-0.3, -0.25) is 9.89 Å². The molecule has 1 atom stereocenters. The molecule has 0 bridgehead atoms. The number of benzene rings is 1. The van der Waals surface area contributed by atoms with Gasteiger partial charge in [0.2, 0.25) is 0 Å². The van der Waals surface area contributed by atoms with E-state index in [2.05, 4.69) is 32.7 Å². The first-order chi connectivity index (χ1) is 13.5. The Labute approximate surface area is 169 Å². The first-order valence-electron chi connectivity index (χ1n) is 10.2. The lowest BCUT2D eigenvalue weighted by atomic mass is 10.1. The van der Waals surface area contributed by atoms with Crippen molar-refractivity contribution < 1.29 is 14.6 Å². The molecule has 158 valence electrons. The molecule has 1 fully saturated rings. The maximum atomic E-state index is 10.7. The SMILES string of the molecule is CCNC(=NCC(C)(O)CN1CCOCC1)NCCCc1cccc(OC)c1. The average Bonchev–Trinajstić information content (AvgIpc) is 2.70. The Morgan fingerprint density at radius 3 is 2.82 bits per heavy atom. The fraction of sp³-hybridized carbons (Fsp3) is 0.667. The molecule has 0 amide bonds. The number of aryl methyl sites for hydroxylation is 1. The average molecular weight is 393 g/mol. The summed E-state index contributed by atoms with van der Waals surface area (Å²) in [5, 5.41) is 17.3. The van der Waals surface area contributed by atoms with Crippen LogP contribution in [0.1, 0.15) is 25.8 Å². The molecule has 1 saturated heterocycles. The third kappa shape index (κ3) is 8.46. The van der Waals surface area contributed by atoms with Gasteiger partial charge < -0.3 is 25.2 Å². The monoisotopic (exact) mass is 392 g/mol. The van der Waals surface area contributed by atoms with Crippen LogP contribution < -0.4 is 15.4 Å². The van der Waals surface area contributed by atoms with Gasteiger partial charge in [0, 0.05) is 32.7 Å². The van der Waals surface area contributed by atoms with Gasteiger partial charge in [-0.05, 0) is 44.4 Å². The third-order valence-electron chi connectivity index (χ3n) is 4.66. The van der Waals surface area contributed by atoms with Gasteiger partial charge in [-0.2, -0.15) is 0 Å². The zero-order valence-corrected chi connectivity index (χ0v) is 17.5. The minimum Gasteiger partial charge on any atom is -0.497 e. The number of ether oxygens (including phenoxy) is 2. The van der Waals surface area contributed by atoms with E-state index in [0.29, 0.717) is 13.1 Å². The number of morpholine rings is 1. The van der Waals surface area contributed by atoms with Crippen LogP contribution in [0.4, 0.5) is 0 Å². The number of β-amino-alcohol motifs (C(OH)–C–C–N with tert-alkyl or cyclic N) is 1. The summed E-state index contributed by atoms with van der Waals surface area (Å²) in [6, 6.07) is 8.16. The Morgan fingerprint density at radius 1 is 1.32 bits per heavy atom. The van der Waals surface area contributed by atoms with Gasteiger partial charge in [0.15, 0.2) is 5.96 Å². The largest absolute Gasteiger partial charge is 0.497 e. The van der Waals surface area contributed by atoms with Crippen molar-refractivity contribution in [3.63, 3.8) is 0 Å². The maximum absolute atomic E-state index is 10.7. The van der Waals surface area contributed by atoms with Crippen molar-refractivity contribution in [1.29, 1.82) is 0 Å². The summed E-state index contributed by atoms with van der Waals surface area (Å²) in [5.41, 5.74) is 0.400. The number of guanidine groups is 1. The predicted octanol–water partition coefficient (Wildman–Crippen LogP) is 1.27. The van der Waals surface area contributed by atoms with Crippen LogP contribution in [0.5, 0.6) is 5.75 Å². The molecule has 3 N–H and O–H groups in total. The highest BCUT2D eigenvalue weighted by Crippen LogP contribution is 2.13. The van der Waals surface area contributed by atoms with E-state index in [9.17, 15) is 5.11 Å². The molecule has 7 heteroatoms. The molecular weight excluding hydrogens is 356 g/mol. The third-order valence-corrected chi connectivity index (χ3v) is 4.66. The van der Waals surface area contributed by atoms with Crippen molar-refractivity contribution in [3.8, 4) is 5.75 Å². The van der Waals surface area contributed by atoms with Crippen molar-refractivity contribution in [3.05, 3.63) is 29.8 Å². The first kappa shape index (κ1) is 22.5.